The van der Waals surface area contributed by atoms with E-state index < -0.39 is 0 Å². The number of hydrogen-bond donors (Lipinski definition) is 1. The van der Waals surface area contributed by atoms with Gasteiger partial charge in [-0.1, -0.05) is 19.1 Å². The summed E-state index contributed by atoms with van der Waals surface area (Å²) in [5.41, 5.74) is 0. The van der Waals surface area contributed by atoms with Crippen molar-refractivity contribution in [2.45, 2.75) is 57.5 Å². The van der Waals surface area contributed by atoms with Gasteiger partial charge in [-0.15, -0.1) is 0 Å². The van der Waals surface area contributed by atoms with E-state index in [1.165, 1.54) is 58.2 Å². The first kappa shape index (κ1) is 12.1. The lowest BCUT2D eigenvalue weighted by atomic mass is 10.1. The predicted octanol–water partition coefficient (Wildman–Crippen LogP) is 2.56. The second kappa shape index (κ2) is 6.41. The highest BCUT2D eigenvalue weighted by molar-refractivity contribution is 4.89. The molecule has 2 aliphatic rings. The van der Waals surface area contributed by atoms with Gasteiger partial charge in [-0.3, -0.25) is 0 Å². The summed E-state index contributed by atoms with van der Waals surface area (Å²) in [6.07, 6.45) is 12.6. The van der Waals surface area contributed by atoms with Gasteiger partial charge in [0.25, 0.3) is 0 Å². The first-order chi connectivity index (χ1) is 7.88. The fraction of sp³-hybridized carbons (Fsp3) is 0.857. The molecule has 92 valence electrons. The molecule has 2 fully saturated rings. The van der Waals surface area contributed by atoms with Gasteiger partial charge in [0.2, 0.25) is 0 Å². The minimum absolute atomic E-state index is 0.790. The smallest absolute Gasteiger partial charge is 0.0198 e. The summed E-state index contributed by atoms with van der Waals surface area (Å²) in [6, 6.07) is 1.62. The van der Waals surface area contributed by atoms with E-state index in [4.69, 9.17) is 0 Å². The summed E-state index contributed by atoms with van der Waals surface area (Å²) >= 11 is 0. The SMILES string of the molecule is CC/C=C\CCCN1CC[C@@H]2CC[C@H](C1)N2. The van der Waals surface area contributed by atoms with Crippen LogP contribution in [0.5, 0.6) is 0 Å². The maximum Gasteiger partial charge on any atom is 0.0198 e. The molecule has 2 nitrogen and oxygen atoms in total. The van der Waals surface area contributed by atoms with Gasteiger partial charge in [0.15, 0.2) is 0 Å². The van der Waals surface area contributed by atoms with Crippen molar-refractivity contribution < 1.29 is 0 Å². The molecule has 0 aromatic heterocycles. The van der Waals surface area contributed by atoms with Crippen LogP contribution in [0.25, 0.3) is 0 Å². The summed E-state index contributed by atoms with van der Waals surface area (Å²) in [5, 5.41) is 3.74. The molecule has 2 heteroatoms. The van der Waals surface area contributed by atoms with Crippen LogP contribution in [0.4, 0.5) is 0 Å². The van der Waals surface area contributed by atoms with E-state index in [2.05, 4.69) is 29.3 Å². The first-order valence-corrected chi connectivity index (χ1v) is 7.02. The van der Waals surface area contributed by atoms with Crippen molar-refractivity contribution >= 4 is 0 Å². The second-order valence-corrected chi connectivity index (χ2v) is 5.25. The number of likely N-dealkylation sites (tertiary alicyclic amines) is 1. The van der Waals surface area contributed by atoms with Crippen molar-refractivity contribution in [3.8, 4) is 0 Å². The number of allylic oxidation sites excluding steroid dienone is 2. The predicted molar refractivity (Wildman–Crippen MR) is 69.7 cm³/mol. The molecule has 0 radical (unpaired) electrons. The van der Waals surface area contributed by atoms with Crippen molar-refractivity contribution in [2.24, 2.45) is 0 Å². The zero-order chi connectivity index (χ0) is 11.2. The van der Waals surface area contributed by atoms with Crippen LogP contribution in [-0.4, -0.2) is 36.6 Å². The van der Waals surface area contributed by atoms with Crippen molar-refractivity contribution in [2.75, 3.05) is 19.6 Å². The van der Waals surface area contributed by atoms with Gasteiger partial charge in [-0.25, -0.2) is 0 Å². The fourth-order valence-electron chi connectivity index (χ4n) is 2.94. The Morgan fingerprint density at radius 1 is 1.19 bits per heavy atom. The zero-order valence-corrected chi connectivity index (χ0v) is 10.6. The summed E-state index contributed by atoms with van der Waals surface area (Å²) in [6.45, 7) is 6.09. The number of hydrogen-bond acceptors (Lipinski definition) is 2. The molecule has 2 aliphatic heterocycles. The summed E-state index contributed by atoms with van der Waals surface area (Å²) in [5.74, 6) is 0. The van der Waals surface area contributed by atoms with E-state index in [-0.39, 0.29) is 0 Å². The third-order valence-electron chi connectivity index (χ3n) is 3.85. The van der Waals surface area contributed by atoms with Crippen LogP contribution in [0.1, 0.15) is 45.4 Å². The number of unbranched alkanes of at least 4 members (excludes halogenated alkanes) is 1. The third-order valence-corrected chi connectivity index (χ3v) is 3.85. The summed E-state index contributed by atoms with van der Waals surface area (Å²) in [4.78, 5) is 2.66. The molecular weight excluding hydrogens is 196 g/mol. The van der Waals surface area contributed by atoms with E-state index >= 15 is 0 Å². The normalized spacial score (nSPS) is 31.1. The molecular formula is C14H26N2. The molecule has 0 spiro atoms. The lowest BCUT2D eigenvalue weighted by molar-refractivity contribution is 0.256. The highest BCUT2D eigenvalue weighted by Crippen LogP contribution is 2.20. The topological polar surface area (TPSA) is 15.3 Å². The van der Waals surface area contributed by atoms with Crippen molar-refractivity contribution in [3.63, 3.8) is 0 Å². The molecule has 0 unspecified atom stereocenters. The van der Waals surface area contributed by atoms with Crippen molar-refractivity contribution in [3.05, 3.63) is 12.2 Å². The van der Waals surface area contributed by atoms with Gasteiger partial charge in [0, 0.05) is 18.6 Å². The van der Waals surface area contributed by atoms with Gasteiger partial charge in [0.1, 0.15) is 0 Å². The first-order valence-electron chi connectivity index (χ1n) is 7.02. The maximum absolute atomic E-state index is 3.74. The molecule has 0 aromatic carbocycles. The average Bonchev–Trinajstić information content (AvgIpc) is 2.61. The summed E-state index contributed by atoms with van der Waals surface area (Å²) < 4.78 is 0. The standard InChI is InChI=1S/C14H26N2/c1-2-3-4-5-6-10-16-11-9-13-7-8-14(12-16)15-13/h3-4,13-15H,2,5-12H2,1H3/b4-3-/t13-,14+/m0/s1. The van der Waals surface area contributed by atoms with Crippen LogP contribution in [-0.2, 0) is 0 Å². The Hall–Kier alpha value is -0.340. The number of rotatable bonds is 5. The van der Waals surface area contributed by atoms with Gasteiger partial charge in [-0.05, 0) is 51.6 Å². The second-order valence-electron chi connectivity index (χ2n) is 5.25. The van der Waals surface area contributed by atoms with Gasteiger partial charge in [-0.2, -0.15) is 0 Å². The molecule has 0 amide bonds. The molecule has 0 aliphatic carbocycles. The van der Waals surface area contributed by atoms with Crippen molar-refractivity contribution in [1.82, 2.24) is 10.2 Å². The Bertz CT molecular complexity index is 225. The Labute approximate surface area is 100 Å². The lowest BCUT2D eigenvalue weighted by Gasteiger charge is -2.23. The zero-order valence-electron chi connectivity index (χ0n) is 10.6. The molecule has 2 atom stereocenters. The van der Waals surface area contributed by atoms with Crippen molar-refractivity contribution in [1.29, 1.82) is 0 Å². The van der Waals surface area contributed by atoms with Crippen LogP contribution < -0.4 is 5.32 Å². The Kier molecular flexibility index (Phi) is 4.86. The lowest BCUT2D eigenvalue weighted by Crippen LogP contribution is -2.35. The van der Waals surface area contributed by atoms with E-state index in [0.717, 1.165) is 12.1 Å². The highest BCUT2D eigenvalue weighted by Gasteiger charge is 2.28. The van der Waals surface area contributed by atoms with Crippen LogP contribution in [0.3, 0.4) is 0 Å². The molecule has 0 aromatic rings. The Balaban J connectivity index is 1.64. The minimum atomic E-state index is 0.790. The summed E-state index contributed by atoms with van der Waals surface area (Å²) in [7, 11) is 0. The van der Waals surface area contributed by atoms with Crippen LogP contribution >= 0.6 is 0 Å². The fourth-order valence-corrected chi connectivity index (χ4v) is 2.94. The van der Waals surface area contributed by atoms with Gasteiger partial charge in [0.05, 0.1) is 0 Å². The number of nitrogens with one attached hydrogen (secondary N) is 1. The molecule has 0 saturated carbocycles. The molecule has 2 bridgehead atoms. The number of nitrogens with zero attached hydrogens (tertiary/aromatic N) is 1. The Morgan fingerprint density at radius 2 is 2.06 bits per heavy atom. The third kappa shape index (κ3) is 3.60. The largest absolute Gasteiger partial charge is 0.310 e. The quantitative estimate of drug-likeness (QED) is 0.568. The highest BCUT2D eigenvalue weighted by atomic mass is 15.2. The van der Waals surface area contributed by atoms with E-state index in [1.54, 1.807) is 0 Å². The monoisotopic (exact) mass is 222 g/mol. The maximum atomic E-state index is 3.74. The average molecular weight is 222 g/mol. The van der Waals surface area contributed by atoms with E-state index in [9.17, 15) is 0 Å². The molecule has 16 heavy (non-hydrogen) atoms. The van der Waals surface area contributed by atoms with Crippen LogP contribution in [0.2, 0.25) is 0 Å². The van der Waals surface area contributed by atoms with Gasteiger partial charge >= 0.3 is 0 Å². The van der Waals surface area contributed by atoms with Crippen LogP contribution in [0, 0.1) is 0 Å². The molecule has 2 heterocycles. The van der Waals surface area contributed by atoms with E-state index in [0.29, 0.717) is 0 Å². The Morgan fingerprint density at radius 3 is 2.94 bits per heavy atom. The van der Waals surface area contributed by atoms with Gasteiger partial charge < -0.3 is 10.2 Å². The molecule has 1 N–H and O–H groups in total. The van der Waals surface area contributed by atoms with Crippen LogP contribution in [0.15, 0.2) is 12.2 Å². The van der Waals surface area contributed by atoms with E-state index in [1.807, 2.05) is 0 Å². The number of fused-ring (bicyclic) bond motifs is 2. The molecule has 2 saturated heterocycles. The minimum Gasteiger partial charge on any atom is -0.310 e. The molecule has 2 rings (SSSR count).